The van der Waals surface area contributed by atoms with Crippen LogP contribution in [-0.4, -0.2) is 30.7 Å². The zero-order chi connectivity index (χ0) is 10.5. The molecule has 0 radical (unpaired) electrons. The van der Waals surface area contributed by atoms with Crippen molar-refractivity contribution in [2.75, 3.05) is 13.2 Å². The fourth-order valence-electron chi connectivity index (χ4n) is 0.733. The number of hydrogen-bond acceptors (Lipinski definition) is 3. The molecule has 0 heterocycles. The molecule has 1 amide bonds. The Morgan fingerprint density at radius 3 is 2.54 bits per heavy atom. The molecule has 78 valence electrons. The molecule has 0 saturated carbocycles. The van der Waals surface area contributed by atoms with Crippen molar-refractivity contribution in [2.24, 2.45) is 5.73 Å². The highest BCUT2D eigenvalue weighted by Crippen LogP contribution is 2.00. The van der Waals surface area contributed by atoms with Gasteiger partial charge in [-0.1, -0.05) is 0 Å². The van der Waals surface area contributed by atoms with E-state index in [1.165, 1.54) is 0 Å². The molecule has 0 saturated heterocycles. The van der Waals surface area contributed by atoms with E-state index in [9.17, 15) is 4.79 Å². The van der Waals surface area contributed by atoms with Crippen molar-refractivity contribution in [3.05, 3.63) is 0 Å². The van der Waals surface area contributed by atoms with Gasteiger partial charge in [0.15, 0.2) is 0 Å². The SMILES string of the molecule is CCNC(=O)C(C)OCC(C)(C)N. The smallest absolute Gasteiger partial charge is 0.248 e. The molecule has 1 atom stereocenters. The fraction of sp³-hybridized carbons (Fsp3) is 0.889. The summed E-state index contributed by atoms with van der Waals surface area (Å²) in [6.45, 7) is 8.31. The second kappa shape index (κ2) is 5.19. The molecule has 0 aliphatic rings. The molecule has 3 N–H and O–H groups in total. The Hall–Kier alpha value is -0.610. The molecule has 0 aliphatic heterocycles. The number of hydrogen-bond donors (Lipinski definition) is 2. The van der Waals surface area contributed by atoms with E-state index in [1.54, 1.807) is 6.92 Å². The Kier molecular flexibility index (Phi) is 4.95. The summed E-state index contributed by atoms with van der Waals surface area (Å²) in [5.74, 6) is -0.0910. The average molecular weight is 188 g/mol. The maximum absolute atomic E-state index is 11.2. The van der Waals surface area contributed by atoms with Gasteiger partial charge in [-0.3, -0.25) is 4.79 Å². The normalized spacial score (nSPS) is 13.9. The van der Waals surface area contributed by atoms with Crippen LogP contribution in [0.25, 0.3) is 0 Å². The van der Waals surface area contributed by atoms with Crippen LogP contribution in [0.3, 0.4) is 0 Å². The highest BCUT2D eigenvalue weighted by atomic mass is 16.5. The molecule has 0 aromatic rings. The molecule has 4 nitrogen and oxygen atoms in total. The third kappa shape index (κ3) is 6.54. The van der Waals surface area contributed by atoms with Gasteiger partial charge in [-0.2, -0.15) is 0 Å². The van der Waals surface area contributed by atoms with Crippen molar-refractivity contribution in [3.8, 4) is 0 Å². The van der Waals surface area contributed by atoms with E-state index in [-0.39, 0.29) is 11.4 Å². The first-order valence-electron chi connectivity index (χ1n) is 4.55. The summed E-state index contributed by atoms with van der Waals surface area (Å²) in [6.07, 6.45) is -0.428. The van der Waals surface area contributed by atoms with Gasteiger partial charge in [-0.05, 0) is 27.7 Å². The first-order valence-corrected chi connectivity index (χ1v) is 4.55. The Morgan fingerprint density at radius 1 is 1.62 bits per heavy atom. The number of carbonyl (C=O) groups is 1. The zero-order valence-corrected chi connectivity index (χ0v) is 8.89. The third-order valence-electron chi connectivity index (χ3n) is 1.43. The minimum atomic E-state index is -0.428. The summed E-state index contributed by atoms with van der Waals surface area (Å²) >= 11 is 0. The largest absolute Gasteiger partial charge is 0.367 e. The maximum Gasteiger partial charge on any atom is 0.248 e. The molecule has 4 heteroatoms. The Morgan fingerprint density at radius 2 is 2.15 bits per heavy atom. The standard InChI is InChI=1S/C9H20N2O2/c1-5-11-8(12)7(2)13-6-9(3,4)10/h7H,5-6,10H2,1-4H3,(H,11,12). The molecule has 0 fully saturated rings. The van der Waals surface area contributed by atoms with Gasteiger partial charge in [0.1, 0.15) is 6.10 Å². The van der Waals surface area contributed by atoms with Gasteiger partial charge in [-0.25, -0.2) is 0 Å². The number of rotatable bonds is 5. The van der Waals surface area contributed by atoms with Gasteiger partial charge in [0.2, 0.25) is 5.91 Å². The predicted molar refractivity (Wildman–Crippen MR) is 52.4 cm³/mol. The van der Waals surface area contributed by atoms with Crippen molar-refractivity contribution in [1.29, 1.82) is 0 Å². The number of nitrogens with two attached hydrogens (primary N) is 1. The van der Waals surface area contributed by atoms with Crippen molar-refractivity contribution < 1.29 is 9.53 Å². The Bertz CT molecular complexity index is 163. The maximum atomic E-state index is 11.2. The molecule has 0 rings (SSSR count). The lowest BCUT2D eigenvalue weighted by Crippen LogP contribution is -2.42. The van der Waals surface area contributed by atoms with Crippen LogP contribution in [0.1, 0.15) is 27.7 Å². The summed E-state index contributed by atoms with van der Waals surface area (Å²) in [4.78, 5) is 11.2. The van der Waals surface area contributed by atoms with Gasteiger partial charge >= 0.3 is 0 Å². The summed E-state index contributed by atoms with van der Waals surface area (Å²) in [5, 5.41) is 2.68. The Labute approximate surface area is 79.8 Å². The average Bonchev–Trinajstić information content (AvgIpc) is 1.99. The van der Waals surface area contributed by atoms with Gasteiger partial charge in [0.25, 0.3) is 0 Å². The van der Waals surface area contributed by atoms with Gasteiger partial charge in [-0.15, -0.1) is 0 Å². The van der Waals surface area contributed by atoms with E-state index in [1.807, 2.05) is 20.8 Å². The third-order valence-corrected chi connectivity index (χ3v) is 1.43. The van der Waals surface area contributed by atoms with E-state index >= 15 is 0 Å². The second-order valence-corrected chi connectivity index (χ2v) is 3.84. The van der Waals surface area contributed by atoms with Gasteiger partial charge in [0.05, 0.1) is 6.61 Å². The molecular weight excluding hydrogens is 168 g/mol. The fourth-order valence-corrected chi connectivity index (χ4v) is 0.733. The van der Waals surface area contributed by atoms with E-state index < -0.39 is 6.10 Å². The number of amides is 1. The minimum Gasteiger partial charge on any atom is -0.367 e. The van der Waals surface area contributed by atoms with Crippen LogP contribution in [0, 0.1) is 0 Å². The molecular formula is C9H20N2O2. The first kappa shape index (κ1) is 12.4. The van der Waals surface area contributed by atoms with Crippen LogP contribution < -0.4 is 11.1 Å². The predicted octanol–water partition coefficient (Wildman–Crippen LogP) is 0.265. The summed E-state index contributed by atoms with van der Waals surface area (Å²) in [5.41, 5.74) is 5.31. The van der Waals surface area contributed by atoms with Crippen molar-refractivity contribution >= 4 is 5.91 Å². The highest BCUT2D eigenvalue weighted by molar-refractivity contribution is 5.80. The van der Waals surface area contributed by atoms with Crippen molar-refractivity contribution in [1.82, 2.24) is 5.32 Å². The number of ether oxygens (including phenoxy) is 1. The molecule has 0 aromatic carbocycles. The monoisotopic (exact) mass is 188 g/mol. The van der Waals surface area contributed by atoms with Crippen molar-refractivity contribution in [3.63, 3.8) is 0 Å². The lowest BCUT2D eigenvalue weighted by Gasteiger charge is -2.21. The summed E-state index contributed by atoms with van der Waals surface area (Å²) in [7, 11) is 0. The molecule has 0 aromatic heterocycles. The summed E-state index contributed by atoms with van der Waals surface area (Å²) in [6, 6.07) is 0. The van der Waals surface area contributed by atoms with Crippen LogP contribution in [0.5, 0.6) is 0 Å². The van der Waals surface area contributed by atoms with Gasteiger partial charge < -0.3 is 15.8 Å². The zero-order valence-electron chi connectivity index (χ0n) is 8.89. The molecule has 0 spiro atoms. The van der Waals surface area contributed by atoms with Crippen LogP contribution in [0.4, 0.5) is 0 Å². The lowest BCUT2D eigenvalue weighted by atomic mass is 10.1. The van der Waals surface area contributed by atoms with Crippen molar-refractivity contribution in [2.45, 2.75) is 39.3 Å². The first-order chi connectivity index (χ1) is 5.87. The second-order valence-electron chi connectivity index (χ2n) is 3.84. The van der Waals surface area contributed by atoms with E-state index in [4.69, 9.17) is 10.5 Å². The van der Waals surface area contributed by atoms with E-state index in [2.05, 4.69) is 5.32 Å². The number of carbonyl (C=O) groups excluding carboxylic acids is 1. The molecule has 13 heavy (non-hydrogen) atoms. The quantitative estimate of drug-likeness (QED) is 0.650. The van der Waals surface area contributed by atoms with E-state index in [0.717, 1.165) is 0 Å². The molecule has 0 bridgehead atoms. The molecule has 1 unspecified atom stereocenters. The minimum absolute atomic E-state index is 0.0910. The summed E-state index contributed by atoms with van der Waals surface area (Å²) < 4.78 is 5.28. The van der Waals surface area contributed by atoms with Gasteiger partial charge in [0, 0.05) is 12.1 Å². The number of likely N-dealkylation sites (N-methyl/N-ethyl adjacent to an activating group) is 1. The molecule has 0 aliphatic carbocycles. The highest BCUT2D eigenvalue weighted by Gasteiger charge is 2.17. The lowest BCUT2D eigenvalue weighted by molar-refractivity contribution is -0.132. The van der Waals surface area contributed by atoms with Crippen LogP contribution in [-0.2, 0) is 9.53 Å². The van der Waals surface area contributed by atoms with Crippen LogP contribution in [0.15, 0.2) is 0 Å². The topological polar surface area (TPSA) is 64.3 Å². The van der Waals surface area contributed by atoms with Crippen LogP contribution >= 0.6 is 0 Å². The van der Waals surface area contributed by atoms with Crippen LogP contribution in [0.2, 0.25) is 0 Å². The van der Waals surface area contributed by atoms with E-state index in [0.29, 0.717) is 13.2 Å². The Balaban J connectivity index is 3.74. The number of nitrogens with one attached hydrogen (secondary N) is 1.